The van der Waals surface area contributed by atoms with Crippen molar-refractivity contribution in [3.8, 4) is 5.75 Å². The number of nitrogens with two attached hydrogens (primary N) is 1. The molecule has 0 spiro atoms. The highest BCUT2D eigenvalue weighted by Gasteiger charge is 1.95. The molecule has 0 aliphatic rings. The highest BCUT2D eigenvalue weighted by molar-refractivity contribution is 6.30. The molecule has 19 heavy (non-hydrogen) atoms. The second-order valence-electron chi connectivity index (χ2n) is 4.02. The molecule has 1 rings (SSSR count). The summed E-state index contributed by atoms with van der Waals surface area (Å²) < 4.78 is 16.2. The first-order valence-electron chi connectivity index (χ1n) is 6.57. The first-order valence-corrected chi connectivity index (χ1v) is 6.94. The molecule has 5 heteroatoms. The van der Waals surface area contributed by atoms with Crippen molar-refractivity contribution >= 4 is 11.6 Å². The summed E-state index contributed by atoms with van der Waals surface area (Å²) >= 11 is 5.79. The average Bonchev–Trinajstić information content (AvgIpc) is 2.43. The van der Waals surface area contributed by atoms with Gasteiger partial charge in [0.05, 0.1) is 26.4 Å². The van der Waals surface area contributed by atoms with Crippen LogP contribution in [0.2, 0.25) is 5.02 Å². The predicted octanol–water partition coefficient (Wildman–Crippen LogP) is 2.49. The normalized spacial score (nSPS) is 10.6. The Morgan fingerprint density at radius 3 is 2.16 bits per heavy atom. The summed E-state index contributed by atoms with van der Waals surface area (Å²) in [7, 11) is 0. The number of benzene rings is 1. The molecular formula is C14H22ClNO3. The number of unbranched alkanes of at least 4 members (excludes halogenated alkanes) is 1. The molecular weight excluding hydrogens is 266 g/mol. The summed E-state index contributed by atoms with van der Waals surface area (Å²) in [6.07, 6.45) is 1.94. The topological polar surface area (TPSA) is 53.7 Å². The molecule has 0 saturated carbocycles. The second kappa shape index (κ2) is 11.1. The second-order valence-corrected chi connectivity index (χ2v) is 4.46. The van der Waals surface area contributed by atoms with Gasteiger partial charge in [-0.25, -0.2) is 0 Å². The number of halogens is 1. The summed E-state index contributed by atoms with van der Waals surface area (Å²) in [5.41, 5.74) is 5.29. The van der Waals surface area contributed by atoms with Crippen LogP contribution in [0.4, 0.5) is 0 Å². The molecule has 1 aromatic carbocycles. The lowest BCUT2D eigenvalue weighted by molar-refractivity contribution is 0.0484. The van der Waals surface area contributed by atoms with E-state index >= 15 is 0 Å². The van der Waals surface area contributed by atoms with E-state index in [0.717, 1.165) is 30.2 Å². The van der Waals surface area contributed by atoms with Crippen LogP contribution >= 0.6 is 11.6 Å². The number of rotatable bonds is 11. The van der Waals surface area contributed by atoms with Crippen molar-refractivity contribution in [3.63, 3.8) is 0 Å². The molecule has 0 unspecified atom stereocenters. The van der Waals surface area contributed by atoms with Gasteiger partial charge in [0.1, 0.15) is 5.75 Å². The molecule has 0 heterocycles. The summed E-state index contributed by atoms with van der Waals surface area (Å²) in [5.74, 6) is 0.848. The van der Waals surface area contributed by atoms with Crippen LogP contribution in [0.5, 0.6) is 5.75 Å². The lowest BCUT2D eigenvalue weighted by Gasteiger charge is -2.07. The summed E-state index contributed by atoms with van der Waals surface area (Å²) in [4.78, 5) is 0. The molecule has 0 aromatic heterocycles. The Balaban J connectivity index is 1.87. The Morgan fingerprint density at radius 1 is 0.842 bits per heavy atom. The van der Waals surface area contributed by atoms with Crippen LogP contribution in [-0.4, -0.2) is 39.6 Å². The third-order valence-electron chi connectivity index (χ3n) is 2.40. The minimum absolute atomic E-state index is 0.558. The predicted molar refractivity (Wildman–Crippen MR) is 76.9 cm³/mol. The van der Waals surface area contributed by atoms with E-state index in [2.05, 4.69) is 0 Å². The van der Waals surface area contributed by atoms with Crippen molar-refractivity contribution in [2.24, 2.45) is 5.73 Å². The van der Waals surface area contributed by atoms with Crippen molar-refractivity contribution in [2.45, 2.75) is 12.8 Å². The molecule has 0 saturated heterocycles. The largest absolute Gasteiger partial charge is 0.494 e. The smallest absolute Gasteiger partial charge is 0.119 e. The van der Waals surface area contributed by atoms with E-state index in [1.54, 1.807) is 0 Å². The van der Waals surface area contributed by atoms with Gasteiger partial charge in [0, 0.05) is 18.2 Å². The fourth-order valence-electron chi connectivity index (χ4n) is 1.43. The van der Waals surface area contributed by atoms with Crippen molar-refractivity contribution in [3.05, 3.63) is 29.3 Å². The monoisotopic (exact) mass is 287 g/mol. The van der Waals surface area contributed by atoms with Gasteiger partial charge in [0.25, 0.3) is 0 Å². The maximum Gasteiger partial charge on any atom is 0.119 e. The zero-order valence-corrected chi connectivity index (χ0v) is 11.9. The van der Waals surface area contributed by atoms with E-state index < -0.39 is 0 Å². The van der Waals surface area contributed by atoms with Gasteiger partial charge in [0.15, 0.2) is 0 Å². The maximum atomic E-state index is 5.79. The number of hydrogen-bond acceptors (Lipinski definition) is 4. The van der Waals surface area contributed by atoms with E-state index in [1.807, 2.05) is 24.3 Å². The van der Waals surface area contributed by atoms with Gasteiger partial charge in [-0.1, -0.05) is 11.6 Å². The molecule has 4 nitrogen and oxygen atoms in total. The Hall–Kier alpha value is -0.810. The first kappa shape index (κ1) is 16.2. The Kier molecular flexibility index (Phi) is 9.45. The highest BCUT2D eigenvalue weighted by atomic mass is 35.5. The molecule has 0 fully saturated rings. The molecule has 0 amide bonds. The minimum atomic E-state index is 0.558. The van der Waals surface area contributed by atoms with Gasteiger partial charge >= 0.3 is 0 Å². The highest BCUT2D eigenvalue weighted by Crippen LogP contribution is 2.15. The van der Waals surface area contributed by atoms with Gasteiger partial charge in [-0.05, 0) is 37.1 Å². The molecule has 0 bridgehead atoms. The Bertz CT molecular complexity index is 319. The van der Waals surface area contributed by atoms with Crippen molar-refractivity contribution in [1.29, 1.82) is 0 Å². The van der Waals surface area contributed by atoms with Crippen LogP contribution in [0.1, 0.15) is 12.8 Å². The van der Waals surface area contributed by atoms with Gasteiger partial charge in [0.2, 0.25) is 0 Å². The van der Waals surface area contributed by atoms with Crippen molar-refractivity contribution < 1.29 is 14.2 Å². The average molecular weight is 288 g/mol. The van der Waals surface area contributed by atoms with Crippen LogP contribution in [0.25, 0.3) is 0 Å². The van der Waals surface area contributed by atoms with E-state index in [9.17, 15) is 0 Å². The van der Waals surface area contributed by atoms with Crippen LogP contribution in [0, 0.1) is 0 Å². The minimum Gasteiger partial charge on any atom is -0.494 e. The third kappa shape index (κ3) is 8.83. The molecule has 108 valence electrons. The van der Waals surface area contributed by atoms with Crippen molar-refractivity contribution in [1.82, 2.24) is 0 Å². The van der Waals surface area contributed by atoms with E-state index in [4.69, 9.17) is 31.5 Å². The van der Waals surface area contributed by atoms with Gasteiger partial charge in [-0.3, -0.25) is 0 Å². The third-order valence-corrected chi connectivity index (χ3v) is 2.65. The zero-order chi connectivity index (χ0) is 13.8. The maximum absolute atomic E-state index is 5.79. The molecule has 0 aliphatic heterocycles. The Labute approximate surface area is 119 Å². The lowest BCUT2D eigenvalue weighted by atomic mass is 10.3. The zero-order valence-electron chi connectivity index (χ0n) is 11.1. The van der Waals surface area contributed by atoms with Gasteiger partial charge < -0.3 is 19.9 Å². The fraction of sp³-hybridized carbons (Fsp3) is 0.571. The standard InChI is InChI=1S/C14H22ClNO3/c15-13-3-5-14(6-4-13)19-9-2-1-8-17-11-12-18-10-7-16/h3-6H,1-2,7-12,16H2. The van der Waals surface area contributed by atoms with E-state index in [1.165, 1.54) is 0 Å². The molecule has 0 aliphatic carbocycles. The number of hydrogen-bond donors (Lipinski definition) is 1. The van der Waals surface area contributed by atoms with Crippen LogP contribution in [0.15, 0.2) is 24.3 Å². The number of ether oxygens (including phenoxy) is 3. The van der Waals surface area contributed by atoms with Crippen LogP contribution in [0.3, 0.4) is 0 Å². The quantitative estimate of drug-likeness (QED) is 0.635. The lowest BCUT2D eigenvalue weighted by Crippen LogP contribution is -2.12. The summed E-state index contributed by atoms with van der Waals surface area (Å²) in [6.45, 7) is 3.81. The Morgan fingerprint density at radius 2 is 1.47 bits per heavy atom. The van der Waals surface area contributed by atoms with E-state index in [0.29, 0.717) is 33.0 Å². The summed E-state index contributed by atoms with van der Waals surface area (Å²) in [5, 5.41) is 0.720. The van der Waals surface area contributed by atoms with Crippen LogP contribution in [-0.2, 0) is 9.47 Å². The summed E-state index contributed by atoms with van der Waals surface area (Å²) in [6, 6.07) is 7.38. The fourth-order valence-corrected chi connectivity index (χ4v) is 1.56. The van der Waals surface area contributed by atoms with Gasteiger partial charge in [-0.15, -0.1) is 0 Å². The molecule has 0 atom stereocenters. The van der Waals surface area contributed by atoms with Gasteiger partial charge in [-0.2, -0.15) is 0 Å². The first-order chi connectivity index (χ1) is 9.33. The van der Waals surface area contributed by atoms with E-state index in [-0.39, 0.29) is 0 Å². The molecule has 2 N–H and O–H groups in total. The van der Waals surface area contributed by atoms with Crippen LogP contribution < -0.4 is 10.5 Å². The van der Waals surface area contributed by atoms with Crippen molar-refractivity contribution in [2.75, 3.05) is 39.6 Å². The SMILES string of the molecule is NCCOCCOCCCCOc1ccc(Cl)cc1. The molecule has 0 radical (unpaired) electrons. The molecule has 1 aromatic rings.